The quantitative estimate of drug-likeness (QED) is 0.715. The zero-order valence-corrected chi connectivity index (χ0v) is 10.8. The van der Waals surface area contributed by atoms with E-state index in [0.29, 0.717) is 11.6 Å². The van der Waals surface area contributed by atoms with Crippen molar-refractivity contribution in [1.29, 1.82) is 0 Å². The van der Waals surface area contributed by atoms with Gasteiger partial charge in [-0.1, -0.05) is 12.2 Å². The Morgan fingerprint density at radius 3 is 2.12 bits per heavy atom. The molecule has 0 aromatic rings. The molecule has 1 unspecified atom stereocenters. The first-order chi connectivity index (χ1) is 8.31. The van der Waals surface area contributed by atoms with Gasteiger partial charge in [-0.2, -0.15) is 0 Å². The first-order valence-corrected chi connectivity index (χ1v) is 7.76. The van der Waals surface area contributed by atoms with Crippen molar-refractivity contribution >= 4 is 0 Å². The van der Waals surface area contributed by atoms with Gasteiger partial charge in [-0.3, -0.25) is 0 Å². The van der Waals surface area contributed by atoms with Gasteiger partial charge in [-0.05, 0) is 75.5 Å². The van der Waals surface area contributed by atoms with Crippen molar-refractivity contribution in [2.75, 3.05) is 0 Å². The topological polar surface area (TPSA) is 12.0 Å². The van der Waals surface area contributed by atoms with E-state index in [1.165, 1.54) is 38.5 Å². The molecule has 4 bridgehead atoms. The third kappa shape index (κ3) is 1.87. The molecule has 4 saturated carbocycles. The molecule has 0 amide bonds. The molecule has 17 heavy (non-hydrogen) atoms. The summed E-state index contributed by atoms with van der Waals surface area (Å²) in [6.45, 7) is 0. The fourth-order valence-electron chi connectivity index (χ4n) is 5.61. The number of allylic oxidation sites excluding steroid dienone is 1. The highest BCUT2D eigenvalue weighted by atomic mass is 15.0. The summed E-state index contributed by atoms with van der Waals surface area (Å²) in [4.78, 5) is 0. The average Bonchev–Trinajstić information content (AvgIpc) is 2.27. The van der Waals surface area contributed by atoms with Crippen molar-refractivity contribution in [2.45, 2.75) is 69.4 Å². The first kappa shape index (κ1) is 10.6. The van der Waals surface area contributed by atoms with Crippen molar-refractivity contribution in [3.05, 3.63) is 12.2 Å². The van der Waals surface area contributed by atoms with Crippen molar-refractivity contribution in [3.8, 4) is 0 Å². The van der Waals surface area contributed by atoms with Gasteiger partial charge in [-0.15, -0.1) is 0 Å². The summed E-state index contributed by atoms with van der Waals surface area (Å²) < 4.78 is 0. The predicted molar refractivity (Wildman–Crippen MR) is 70.8 cm³/mol. The van der Waals surface area contributed by atoms with E-state index in [4.69, 9.17) is 0 Å². The van der Waals surface area contributed by atoms with Crippen molar-refractivity contribution in [1.82, 2.24) is 5.32 Å². The zero-order valence-electron chi connectivity index (χ0n) is 10.8. The Morgan fingerprint density at radius 2 is 1.59 bits per heavy atom. The molecule has 1 N–H and O–H groups in total. The highest BCUT2D eigenvalue weighted by Crippen LogP contribution is 2.55. The van der Waals surface area contributed by atoms with E-state index in [2.05, 4.69) is 17.5 Å². The molecule has 94 valence electrons. The Morgan fingerprint density at radius 1 is 0.941 bits per heavy atom. The van der Waals surface area contributed by atoms with Crippen LogP contribution in [0.1, 0.15) is 57.8 Å². The average molecular weight is 231 g/mol. The molecule has 5 aliphatic carbocycles. The molecular weight excluding hydrogens is 206 g/mol. The maximum absolute atomic E-state index is 4.08. The second-order valence-electron chi connectivity index (χ2n) is 7.31. The SMILES string of the molecule is C1=CC(NC23CC4CC(CC(C4)C2)C3)CCC1. The smallest absolute Gasteiger partial charge is 0.0255 e. The van der Waals surface area contributed by atoms with Crippen LogP contribution in [0.15, 0.2) is 12.2 Å². The second-order valence-corrected chi connectivity index (χ2v) is 7.31. The molecular formula is C16H25N. The second kappa shape index (κ2) is 3.85. The van der Waals surface area contributed by atoms with Gasteiger partial charge in [0.1, 0.15) is 0 Å². The van der Waals surface area contributed by atoms with E-state index < -0.39 is 0 Å². The van der Waals surface area contributed by atoms with Crippen LogP contribution in [0.4, 0.5) is 0 Å². The minimum Gasteiger partial charge on any atom is -0.305 e. The van der Waals surface area contributed by atoms with Gasteiger partial charge < -0.3 is 5.32 Å². The molecule has 4 fully saturated rings. The first-order valence-electron chi connectivity index (χ1n) is 7.76. The number of hydrogen-bond donors (Lipinski definition) is 1. The van der Waals surface area contributed by atoms with Gasteiger partial charge in [0.25, 0.3) is 0 Å². The molecule has 5 aliphatic rings. The summed E-state index contributed by atoms with van der Waals surface area (Å²) in [5.74, 6) is 3.21. The van der Waals surface area contributed by atoms with Crippen LogP contribution in [0.3, 0.4) is 0 Å². The van der Waals surface area contributed by atoms with Gasteiger partial charge in [0, 0.05) is 11.6 Å². The van der Waals surface area contributed by atoms with Gasteiger partial charge >= 0.3 is 0 Å². The van der Waals surface area contributed by atoms with E-state index in [1.54, 1.807) is 19.3 Å². The van der Waals surface area contributed by atoms with Gasteiger partial charge in [0.05, 0.1) is 0 Å². The number of rotatable bonds is 2. The molecule has 1 heteroatoms. The van der Waals surface area contributed by atoms with Gasteiger partial charge in [0.2, 0.25) is 0 Å². The number of nitrogens with one attached hydrogen (secondary N) is 1. The standard InChI is InChI=1S/C16H25N/c1-2-4-15(5-3-1)17-16-9-12-6-13(10-16)8-14(7-12)11-16/h2,4,12-15,17H,1,3,5-11H2. The Labute approximate surface area is 105 Å². The van der Waals surface area contributed by atoms with Crippen molar-refractivity contribution in [3.63, 3.8) is 0 Å². The monoisotopic (exact) mass is 231 g/mol. The normalized spacial score (nSPS) is 52.0. The third-order valence-corrected chi connectivity index (χ3v) is 5.78. The Hall–Kier alpha value is -0.300. The van der Waals surface area contributed by atoms with E-state index >= 15 is 0 Å². The van der Waals surface area contributed by atoms with Crippen LogP contribution >= 0.6 is 0 Å². The zero-order chi connectivity index (χ0) is 11.3. The summed E-state index contributed by atoms with van der Waals surface area (Å²) in [6, 6.07) is 0.694. The van der Waals surface area contributed by atoms with Crippen LogP contribution < -0.4 is 5.32 Å². The lowest BCUT2D eigenvalue weighted by molar-refractivity contribution is -0.0234. The van der Waals surface area contributed by atoms with Crippen molar-refractivity contribution < 1.29 is 0 Å². The lowest BCUT2D eigenvalue weighted by Gasteiger charge is -2.58. The van der Waals surface area contributed by atoms with Crippen LogP contribution in [0, 0.1) is 17.8 Å². The predicted octanol–water partition coefficient (Wildman–Crippen LogP) is 3.65. The molecule has 0 aromatic carbocycles. The molecule has 0 heterocycles. The van der Waals surface area contributed by atoms with Crippen molar-refractivity contribution in [2.24, 2.45) is 17.8 Å². The molecule has 0 saturated heterocycles. The van der Waals surface area contributed by atoms with Crippen LogP contribution in [0.5, 0.6) is 0 Å². The lowest BCUT2D eigenvalue weighted by Crippen LogP contribution is -2.60. The molecule has 0 aromatic heterocycles. The van der Waals surface area contributed by atoms with Gasteiger partial charge in [-0.25, -0.2) is 0 Å². The third-order valence-electron chi connectivity index (χ3n) is 5.78. The number of hydrogen-bond acceptors (Lipinski definition) is 1. The van der Waals surface area contributed by atoms with Crippen LogP contribution in [0.2, 0.25) is 0 Å². The Kier molecular flexibility index (Phi) is 2.40. The summed E-state index contributed by atoms with van der Waals surface area (Å²) in [7, 11) is 0. The van der Waals surface area contributed by atoms with E-state index in [1.807, 2.05) is 0 Å². The molecule has 1 nitrogen and oxygen atoms in total. The lowest BCUT2D eigenvalue weighted by atomic mass is 9.53. The fraction of sp³-hybridized carbons (Fsp3) is 0.875. The van der Waals surface area contributed by atoms with Crippen LogP contribution in [-0.4, -0.2) is 11.6 Å². The summed E-state index contributed by atoms with van der Waals surface area (Å²) >= 11 is 0. The highest BCUT2D eigenvalue weighted by molar-refractivity contribution is 5.10. The molecule has 0 aliphatic heterocycles. The van der Waals surface area contributed by atoms with Gasteiger partial charge in [0.15, 0.2) is 0 Å². The maximum Gasteiger partial charge on any atom is 0.0255 e. The van der Waals surface area contributed by atoms with E-state index in [-0.39, 0.29) is 0 Å². The minimum atomic E-state index is 0.557. The molecule has 0 radical (unpaired) electrons. The minimum absolute atomic E-state index is 0.557. The summed E-state index contributed by atoms with van der Waals surface area (Å²) in [5, 5.41) is 4.08. The van der Waals surface area contributed by atoms with E-state index in [9.17, 15) is 0 Å². The molecule has 1 atom stereocenters. The fourth-order valence-corrected chi connectivity index (χ4v) is 5.61. The maximum atomic E-state index is 4.08. The highest BCUT2D eigenvalue weighted by Gasteiger charge is 2.51. The summed E-state index contributed by atoms with van der Waals surface area (Å²) in [6.07, 6.45) is 18.0. The summed E-state index contributed by atoms with van der Waals surface area (Å²) in [5.41, 5.74) is 0.557. The Balaban J connectivity index is 1.52. The molecule has 5 rings (SSSR count). The molecule has 0 spiro atoms. The largest absolute Gasteiger partial charge is 0.305 e. The van der Waals surface area contributed by atoms with Crippen LogP contribution in [-0.2, 0) is 0 Å². The Bertz CT molecular complexity index is 295. The van der Waals surface area contributed by atoms with E-state index in [0.717, 1.165) is 17.8 Å². The van der Waals surface area contributed by atoms with Crippen LogP contribution in [0.25, 0.3) is 0 Å².